The van der Waals surface area contributed by atoms with E-state index in [1.54, 1.807) is 24.0 Å². The zero-order valence-electron chi connectivity index (χ0n) is 11.5. The second-order valence-electron chi connectivity index (χ2n) is 4.75. The van der Waals surface area contributed by atoms with E-state index in [-0.39, 0.29) is 36.6 Å². The molecule has 3 rings (SSSR count). The van der Waals surface area contributed by atoms with Crippen molar-refractivity contribution in [1.82, 2.24) is 15.6 Å². The number of aliphatic hydroxyl groups excluding tert-OH is 1. The first kappa shape index (κ1) is 18.9. The van der Waals surface area contributed by atoms with Crippen molar-refractivity contribution in [2.24, 2.45) is 5.92 Å². The number of thiazole rings is 1. The maximum absolute atomic E-state index is 12.0. The molecule has 1 saturated heterocycles. The van der Waals surface area contributed by atoms with E-state index < -0.39 is 6.10 Å². The number of halogens is 2. The minimum Gasteiger partial charge on any atom is -0.472 e. The third kappa shape index (κ3) is 4.21. The van der Waals surface area contributed by atoms with E-state index in [4.69, 9.17) is 4.42 Å². The summed E-state index contributed by atoms with van der Waals surface area (Å²) in [6.07, 6.45) is 2.78. The molecule has 3 N–H and O–H groups in total. The quantitative estimate of drug-likeness (QED) is 0.765. The van der Waals surface area contributed by atoms with Gasteiger partial charge in [0.25, 0.3) is 5.91 Å². The van der Waals surface area contributed by atoms with Gasteiger partial charge in [-0.3, -0.25) is 4.79 Å². The van der Waals surface area contributed by atoms with Crippen LogP contribution in [0.1, 0.15) is 10.5 Å². The predicted molar refractivity (Wildman–Crippen MR) is 89.0 cm³/mol. The van der Waals surface area contributed by atoms with Gasteiger partial charge in [-0.15, -0.1) is 36.2 Å². The number of amides is 1. The SMILES string of the molecule is Cl.Cl.O=C(NCC1CNCC1O)c1csc(-c2ccoc2)n1. The first-order valence-corrected chi connectivity index (χ1v) is 7.27. The van der Waals surface area contributed by atoms with E-state index in [0.717, 1.165) is 17.1 Å². The lowest BCUT2D eigenvalue weighted by Gasteiger charge is -2.13. The van der Waals surface area contributed by atoms with Crippen molar-refractivity contribution in [2.45, 2.75) is 6.10 Å². The van der Waals surface area contributed by atoms with Crippen molar-refractivity contribution >= 4 is 42.1 Å². The topological polar surface area (TPSA) is 87.4 Å². The molecule has 2 aromatic rings. The fourth-order valence-corrected chi connectivity index (χ4v) is 2.92. The molecule has 0 aromatic carbocycles. The van der Waals surface area contributed by atoms with Crippen LogP contribution in [0, 0.1) is 5.92 Å². The van der Waals surface area contributed by atoms with Gasteiger partial charge in [-0.1, -0.05) is 0 Å². The normalized spacial score (nSPS) is 20.0. The van der Waals surface area contributed by atoms with Gasteiger partial charge in [-0.2, -0.15) is 0 Å². The van der Waals surface area contributed by atoms with Crippen LogP contribution in [0.5, 0.6) is 0 Å². The number of hydrogen-bond acceptors (Lipinski definition) is 6. The largest absolute Gasteiger partial charge is 0.472 e. The number of carbonyl (C=O) groups excluding carboxylic acids is 1. The van der Waals surface area contributed by atoms with E-state index in [9.17, 15) is 9.90 Å². The van der Waals surface area contributed by atoms with E-state index in [0.29, 0.717) is 18.8 Å². The smallest absolute Gasteiger partial charge is 0.270 e. The van der Waals surface area contributed by atoms with Crippen LogP contribution < -0.4 is 10.6 Å². The first-order valence-electron chi connectivity index (χ1n) is 6.39. The summed E-state index contributed by atoms with van der Waals surface area (Å²) in [7, 11) is 0. The van der Waals surface area contributed by atoms with Gasteiger partial charge in [-0.05, 0) is 6.07 Å². The van der Waals surface area contributed by atoms with Gasteiger partial charge in [-0.25, -0.2) is 4.98 Å². The van der Waals surface area contributed by atoms with Crippen molar-refractivity contribution in [2.75, 3.05) is 19.6 Å². The lowest BCUT2D eigenvalue weighted by Crippen LogP contribution is -2.34. The van der Waals surface area contributed by atoms with Gasteiger partial charge in [0.15, 0.2) is 0 Å². The van der Waals surface area contributed by atoms with Crippen LogP contribution in [0.3, 0.4) is 0 Å². The Morgan fingerprint density at radius 1 is 1.50 bits per heavy atom. The van der Waals surface area contributed by atoms with Crippen LogP contribution in [-0.4, -0.2) is 41.7 Å². The van der Waals surface area contributed by atoms with Crippen molar-refractivity contribution in [3.05, 3.63) is 29.7 Å². The zero-order chi connectivity index (χ0) is 13.9. The highest BCUT2D eigenvalue weighted by Gasteiger charge is 2.25. The molecule has 1 amide bonds. The van der Waals surface area contributed by atoms with Crippen LogP contribution in [0.25, 0.3) is 10.6 Å². The van der Waals surface area contributed by atoms with E-state index >= 15 is 0 Å². The van der Waals surface area contributed by atoms with Crippen LogP contribution >= 0.6 is 36.2 Å². The third-order valence-corrected chi connectivity index (χ3v) is 4.23. The van der Waals surface area contributed by atoms with Crippen molar-refractivity contribution in [1.29, 1.82) is 0 Å². The minimum absolute atomic E-state index is 0. The van der Waals surface area contributed by atoms with Crippen LogP contribution in [0.15, 0.2) is 28.4 Å². The Balaban J connectivity index is 0.00000121. The zero-order valence-corrected chi connectivity index (χ0v) is 14.0. The van der Waals surface area contributed by atoms with Gasteiger partial charge < -0.3 is 20.2 Å². The van der Waals surface area contributed by atoms with Gasteiger partial charge in [0.05, 0.1) is 12.4 Å². The highest BCUT2D eigenvalue weighted by Crippen LogP contribution is 2.23. The van der Waals surface area contributed by atoms with E-state index in [1.807, 2.05) is 0 Å². The van der Waals surface area contributed by atoms with Crippen LogP contribution in [0.2, 0.25) is 0 Å². The molecule has 0 saturated carbocycles. The predicted octanol–water partition coefficient (Wildman–Crippen LogP) is 1.56. The van der Waals surface area contributed by atoms with Crippen molar-refractivity contribution < 1.29 is 14.3 Å². The van der Waals surface area contributed by atoms with Gasteiger partial charge in [0.1, 0.15) is 17.0 Å². The molecule has 6 nitrogen and oxygen atoms in total. The summed E-state index contributed by atoms with van der Waals surface area (Å²) >= 11 is 1.40. The summed E-state index contributed by atoms with van der Waals surface area (Å²) in [5, 5.41) is 18.0. The molecule has 1 aliphatic rings. The third-order valence-electron chi connectivity index (χ3n) is 3.33. The number of aromatic nitrogens is 1. The lowest BCUT2D eigenvalue weighted by molar-refractivity contribution is 0.0923. The van der Waals surface area contributed by atoms with E-state index in [2.05, 4.69) is 15.6 Å². The average molecular weight is 366 g/mol. The number of aliphatic hydroxyl groups is 1. The van der Waals surface area contributed by atoms with Crippen LogP contribution in [-0.2, 0) is 0 Å². The molecule has 0 aliphatic carbocycles. The molecule has 1 aliphatic heterocycles. The summed E-state index contributed by atoms with van der Waals surface area (Å²) < 4.78 is 5.00. The Labute approximate surface area is 144 Å². The van der Waals surface area contributed by atoms with E-state index in [1.165, 1.54) is 11.3 Å². The number of nitrogens with one attached hydrogen (secondary N) is 2. The molecular weight excluding hydrogens is 349 g/mol. The molecule has 2 atom stereocenters. The summed E-state index contributed by atoms with van der Waals surface area (Å²) in [6, 6.07) is 1.81. The Morgan fingerprint density at radius 3 is 2.95 bits per heavy atom. The first-order chi connectivity index (χ1) is 9.74. The molecule has 122 valence electrons. The molecule has 2 unspecified atom stereocenters. The van der Waals surface area contributed by atoms with Crippen molar-refractivity contribution in [3.63, 3.8) is 0 Å². The second kappa shape index (κ2) is 8.50. The fourth-order valence-electron chi connectivity index (χ4n) is 2.14. The number of hydrogen-bond donors (Lipinski definition) is 3. The Kier molecular flexibility index (Phi) is 7.31. The molecular formula is C13H17Cl2N3O3S. The summed E-state index contributed by atoms with van der Waals surface area (Å²) in [4.78, 5) is 16.3. The number of rotatable bonds is 4. The molecule has 0 bridgehead atoms. The van der Waals surface area contributed by atoms with Crippen LogP contribution in [0.4, 0.5) is 0 Å². The Bertz CT molecular complexity index is 591. The maximum atomic E-state index is 12.0. The van der Waals surface area contributed by atoms with Gasteiger partial charge in [0, 0.05) is 36.5 Å². The molecule has 3 heterocycles. The number of carbonyl (C=O) groups is 1. The molecule has 9 heteroatoms. The maximum Gasteiger partial charge on any atom is 0.270 e. The molecule has 2 aromatic heterocycles. The minimum atomic E-state index is -0.396. The highest BCUT2D eigenvalue weighted by atomic mass is 35.5. The fraction of sp³-hybridized carbons (Fsp3) is 0.385. The standard InChI is InChI=1S/C13H15N3O3S.2ClH/c17-11-5-14-3-9(11)4-15-12(18)10-7-20-13(16-10)8-1-2-19-6-8;;/h1-2,6-7,9,11,14,17H,3-5H2,(H,15,18);2*1H. The number of nitrogens with zero attached hydrogens (tertiary/aromatic N) is 1. The molecule has 0 radical (unpaired) electrons. The number of β-amino-alcohol motifs (C(OH)–C–C–N with tert-alkyl or cyclic N) is 1. The highest BCUT2D eigenvalue weighted by molar-refractivity contribution is 7.13. The summed E-state index contributed by atoms with van der Waals surface area (Å²) in [6.45, 7) is 1.76. The second-order valence-corrected chi connectivity index (χ2v) is 5.60. The van der Waals surface area contributed by atoms with Gasteiger partial charge >= 0.3 is 0 Å². The summed E-state index contributed by atoms with van der Waals surface area (Å²) in [5.41, 5.74) is 1.26. The lowest BCUT2D eigenvalue weighted by atomic mass is 10.1. The molecule has 22 heavy (non-hydrogen) atoms. The average Bonchev–Trinajstić information content (AvgIpc) is 3.17. The van der Waals surface area contributed by atoms with Gasteiger partial charge in [0.2, 0.25) is 0 Å². The Morgan fingerprint density at radius 2 is 2.32 bits per heavy atom. The molecule has 1 fully saturated rings. The summed E-state index contributed by atoms with van der Waals surface area (Å²) in [5.74, 6) is -0.152. The molecule has 0 spiro atoms. The Hall–Kier alpha value is -1.12. The van der Waals surface area contributed by atoms with Crippen molar-refractivity contribution in [3.8, 4) is 10.6 Å². The number of furan rings is 1. The monoisotopic (exact) mass is 365 g/mol.